The summed E-state index contributed by atoms with van der Waals surface area (Å²) in [7, 11) is 1.42. The number of benzene rings is 1. The Morgan fingerprint density at radius 2 is 2.07 bits per heavy atom. The molecule has 2 aromatic heterocycles. The maximum absolute atomic E-state index is 14.1. The summed E-state index contributed by atoms with van der Waals surface area (Å²) >= 11 is 0.989. The Labute approximate surface area is 245 Å². The van der Waals surface area contributed by atoms with Crippen LogP contribution >= 0.6 is 18.1 Å². The van der Waals surface area contributed by atoms with Crippen molar-refractivity contribution in [2.24, 2.45) is 0 Å². The lowest BCUT2D eigenvalue weighted by Gasteiger charge is -2.27. The molecule has 42 heavy (non-hydrogen) atoms. The van der Waals surface area contributed by atoms with Gasteiger partial charge in [0.2, 0.25) is 11.8 Å². The summed E-state index contributed by atoms with van der Waals surface area (Å²) in [6, 6.07) is 6.47. The number of rotatable bonds is 7. The van der Waals surface area contributed by atoms with Crippen LogP contribution in [0.15, 0.2) is 35.5 Å². The number of carbonyl (C=O) groups is 1. The molecule has 0 radical (unpaired) electrons. The SMILES string of the molecule is COc1nc(N)nc2c1ncn2[C@@H]1O[C@H](COP2(=O)NC(C(=O)OC3CCCC3)Cc3ccccc3S2)[C@@H](O)[C@@]1(C)O. The van der Waals surface area contributed by atoms with Crippen LogP contribution in [0.5, 0.6) is 5.88 Å². The number of fused-ring (bicyclic) bond motifs is 2. The summed E-state index contributed by atoms with van der Waals surface area (Å²) in [6.45, 7) is -2.73. The fraction of sp³-hybridized carbons (Fsp3) is 0.538. The van der Waals surface area contributed by atoms with E-state index in [4.69, 9.17) is 24.5 Å². The molecule has 6 rings (SSSR count). The smallest absolute Gasteiger partial charge is 0.332 e. The van der Waals surface area contributed by atoms with Crippen LogP contribution in [0.25, 0.3) is 11.2 Å². The number of hydrogen-bond donors (Lipinski definition) is 4. The minimum absolute atomic E-state index is 0.0741. The Morgan fingerprint density at radius 3 is 2.83 bits per heavy atom. The number of nitrogen functional groups attached to an aromatic ring is 1. The van der Waals surface area contributed by atoms with Gasteiger partial charge in [0, 0.05) is 11.3 Å². The molecular formula is C26H33N6O8PS. The molecule has 5 N–H and O–H groups in total. The predicted octanol–water partition coefficient (Wildman–Crippen LogP) is 2.34. The van der Waals surface area contributed by atoms with Gasteiger partial charge >= 0.3 is 12.7 Å². The lowest BCUT2D eigenvalue weighted by Crippen LogP contribution is -2.44. The average molecular weight is 621 g/mol. The molecule has 1 saturated carbocycles. The van der Waals surface area contributed by atoms with E-state index in [0.29, 0.717) is 4.90 Å². The number of aliphatic hydroxyl groups excluding tert-OH is 1. The largest absolute Gasteiger partial charge is 0.479 e. The molecule has 2 unspecified atom stereocenters. The van der Waals surface area contributed by atoms with E-state index in [9.17, 15) is 19.6 Å². The fourth-order valence-electron chi connectivity index (χ4n) is 5.60. The number of aliphatic hydroxyl groups is 2. The van der Waals surface area contributed by atoms with Crippen molar-refractivity contribution in [1.82, 2.24) is 24.6 Å². The van der Waals surface area contributed by atoms with Crippen molar-refractivity contribution in [1.29, 1.82) is 0 Å². The zero-order chi connectivity index (χ0) is 29.6. The highest BCUT2D eigenvalue weighted by molar-refractivity contribution is 8.56. The van der Waals surface area contributed by atoms with E-state index in [1.165, 1.54) is 24.9 Å². The van der Waals surface area contributed by atoms with Gasteiger partial charge in [-0.2, -0.15) is 9.97 Å². The number of anilines is 1. The topological polar surface area (TPSA) is 193 Å². The van der Waals surface area contributed by atoms with Crippen LogP contribution in [-0.2, 0) is 29.8 Å². The van der Waals surface area contributed by atoms with Crippen molar-refractivity contribution in [2.75, 3.05) is 19.5 Å². The third-order valence-electron chi connectivity index (χ3n) is 7.81. The zero-order valence-electron chi connectivity index (χ0n) is 23.1. The molecule has 3 aliphatic rings. The molecule has 1 aromatic carbocycles. The molecular weight excluding hydrogens is 587 g/mol. The molecule has 3 aromatic rings. The number of nitrogens with one attached hydrogen (secondary N) is 1. The first kappa shape index (κ1) is 29.3. The molecule has 0 spiro atoms. The van der Waals surface area contributed by atoms with Gasteiger partial charge in [0.15, 0.2) is 17.4 Å². The molecule has 14 nitrogen and oxygen atoms in total. The van der Waals surface area contributed by atoms with E-state index < -0.39 is 42.8 Å². The van der Waals surface area contributed by atoms with Crippen molar-refractivity contribution >= 4 is 41.2 Å². The second kappa shape index (κ2) is 11.4. The Morgan fingerprint density at radius 1 is 1.31 bits per heavy atom. The Bertz CT molecular complexity index is 1530. The summed E-state index contributed by atoms with van der Waals surface area (Å²) in [5.41, 5.74) is 5.36. The van der Waals surface area contributed by atoms with Gasteiger partial charge in [0.25, 0.3) is 0 Å². The number of imidazole rings is 1. The monoisotopic (exact) mass is 620 g/mol. The Kier molecular flexibility index (Phi) is 7.94. The second-order valence-corrected chi connectivity index (χ2v) is 15.0. The second-order valence-electron chi connectivity index (χ2n) is 10.8. The van der Waals surface area contributed by atoms with Gasteiger partial charge in [0.1, 0.15) is 30.0 Å². The van der Waals surface area contributed by atoms with E-state index in [0.717, 1.165) is 42.6 Å². The van der Waals surface area contributed by atoms with Gasteiger partial charge in [-0.1, -0.05) is 18.2 Å². The molecule has 2 aliphatic heterocycles. The fourth-order valence-corrected chi connectivity index (χ4v) is 9.56. The molecule has 226 valence electrons. The van der Waals surface area contributed by atoms with Crippen LogP contribution in [0.1, 0.15) is 44.4 Å². The Balaban J connectivity index is 1.22. The van der Waals surface area contributed by atoms with Crippen LogP contribution in [-0.4, -0.2) is 79.4 Å². The van der Waals surface area contributed by atoms with Crippen LogP contribution in [0.3, 0.4) is 0 Å². The first-order valence-electron chi connectivity index (χ1n) is 13.7. The van der Waals surface area contributed by atoms with Crippen LogP contribution in [0, 0.1) is 0 Å². The molecule has 0 amide bonds. The third-order valence-corrected chi connectivity index (χ3v) is 11.7. The standard InChI is InChI=1S/C26H33N6O8PS/c1-26(35)20(33)17(40-24(26)32-13-28-19-21(32)29-25(27)30-22(19)37-2)12-38-41(36)31-16(23(34)39-15-8-4-5-9-15)11-14-7-3-6-10-18(14)42-41/h3,6-7,10,13,15-17,20,24,33,35H,4-5,8-9,11-12H2,1-2H3,(H,31,36)(H2,27,29,30)/t16?,17-,20-,24-,26-,41?/m1/s1. The number of nitrogens with zero attached hydrogens (tertiary/aromatic N) is 4. The van der Waals surface area contributed by atoms with Gasteiger partial charge < -0.3 is 34.7 Å². The number of carbonyl (C=O) groups excluding carboxylic acids is 1. The highest BCUT2D eigenvalue weighted by atomic mass is 32.7. The number of aromatic nitrogens is 4. The maximum Gasteiger partial charge on any atom is 0.332 e. The average Bonchev–Trinajstić information content (AvgIpc) is 3.64. The van der Waals surface area contributed by atoms with E-state index in [1.54, 1.807) is 0 Å². The molecule has 4 heterocycles. The lowest BCUT2D eigenvalue weighted by molar-refractivity contribution is -0.150. The van der Waals surface area contributed by atoms with E-state index in [-0.39, 0.29) is 42.1 Å². The van der Waals surface area contributed by atoms with Crippen molar-refractivity contribution in [3.05, 3.63) is 36.2 Å². The van der Waals surface area contributed by atoms with Crippen LogP contribution in [0.4, 0.5) is 5.95 Å². The van der Waals surface area contributed by atoms with Gasteiger partial charge in [0.05, 0.1) is 20.0 Å². The number of ether oxygens (including phenoxy) is 3. The van der Waals surface area contributed by atoms with Gasteiger partial charge in [-0.25, -0.2) is 10.1 Å². The summed E-state index contributed by atoms with van der Waals surface area (Å²) in [5, 5.41) is 25.3. The number of hydrogen-bond acceptors (Lipinski definition) is 13. The minimum atomic E-state index is -3.78. The number of methoxy groups -OCH3 is 1. The summed E-state index contributed by atoms with van der Waals surface area (Å²) in [6.07, 6.45) is 1.45. The Hall–Kier alpha value is -2.78. The highest BCUT2D eigenvalue weighted by Crippen LogP contribution is 2.62. The quantitative estimate of drug-likeness (QED) is 0.222. The van der Waals surface area contributed by atoms with Gasteiger partial charge in [-0.15, -0.1) is 0 Å². The normalized spacial score (nSPS) is 31.6. The number of esters is 1. The summed E-state index contributed by atoms with van der Waals surface area (Å²) in [5.74, 6) is -0.410. The molecule has 1 aliphatic carbocycles. The van der Waals surface area contributed by atoms with Crippen molar-refractivity contribution in [2.45, 2.75) is 80.1 Å². The number of nitrogens with two attached hydrogens (primary N) is 1. The molecule has 2 fully saturated rings. The first-order valence-corrected chi connectivity index (χ1v) is 16.7. The lowest BCUT2D eigenvalue weighted by atomic mass is 9.96. The zero-order valence-corrected chi connectivity index (χ0v) is 24.8. The van der Waals surface area contributed by atoms with E-state index in [2.05, 4.69) is 20.0 Å². The van der Waals surface area contributed by atoms with E-state index >= 15 is 0 Å². The first-order chi connectivity index (χ1) is 20.1. The van der Waals surface area contributed by atoms with Crippen LogP contribution in [0.2, 0.25) is 0 Å². The predicted molar refractivity (Wildman–Crippen MR) is 152 cm³/mol. The van der Waals surface area contributed by atoms with E-state index in [1.807, 2.05) is 24.3 Å². The van der Waals surface area contributed by atoms with Gasteiger partial charge in [-0.3, -0.25) is 13.9 Å². The van der Waals surface area contributed by atoms with Crippen molar-refractivity contribution < 1.29 is 38.3 Å². The maximum atomic E-state index is 14.1. The van der Waals surface area contributed by atoms with Crippen molar-refractivity contribution in [3.63, 3.8) is 0 Å². The third kappa shape index (κ3) is 5.50. The molecule has 1 saturated heterocycles. The highest BCUT2D eigenvalue weighted by Gasteiger charge is 2.54. The van der Waals surface area contributed by atoms with Crippen molar-refractivity contribution in [3.8, 4) is 5.88 Å². The van der Waals surface area contributed by atoms with Gasteiger partial charge in [-0.05, 0) is 55.6 Å². The summed E-state index contributed by atoms with van der Waals surface area (Å²) in [4.78, 5) is 26.3. The van der Waals surface area contributed by atoms with Crippen LogP contribution < -0.4 is 15.6 Å². The molecule has 16 heteroatoms. The molecule has 6 atom stereocenters. The minimum Gasteiger partial charge on any atom is -0.479 e. The molecule has 0 bridgehead atoms. The summed E-state index contributed by atoms with van der Waals surface area (Å²) < 4.78 is 38.5.